The molecule has 0 spiro atoms. The van der Waals surface area contributed by atoms with Gasteiger partial charge in [-0.3, -0.25) is 4.90 Å². The van der Waals surface area contributed by atoms with Crippen molar-refractivity contribution in [3.63, 3.8) is 0 Å². The van der Waals surface area contributed by atoms with Gasteiger partial charge in [0.25, 0.3) is 0 Å². The molecule has 1 aliphatic heterocycles. The summed E-state index contributed by atoms with van der Waals surface area (Å²) >= 11 is 0. The first-order valence-electron chi connectivity index (χ1n) is 8.42. The number of hydrogen-bond acceptors (Lipinski definition) is 4. The topological polar surface area (TPSA) is 44.0 Å². The first-order valence-corrected chi connectivity index (χ1v) is 8.42. The summed E-state index contributed by atoms with van der Waals surface area (Å²) in [5.74, 6) is 0. The lowest BCUT2D eigenvalue weighted by Crippen LogP contribution is -2.45. The molecule has 1 aromatic carbocycles. The first kappa shape index (κ1) is 15.2. The van der Waals surface area contributed by atoms with Crippen molar-refractivity contribution in [2.45, 2.75) is 13.2 Å². The second-order valence-corrected chi connectivity index (χ2v) is 6.29. The molecule has 0 unspecified atom stereocenters. The molecule has 0 saturated carbocycles. The zero-order valence-corrected chi connectivity index (χ0v) is 13.7. The van der Waals surface area contributed by atoms with Gasteiger partial charge < -0.3 is 10.0 Å². The number of pyridine rings is 1. The number of para-hydroxylation sites is 1. The highest BCUT2D eigenvalue weighted by Crippen LogP contribution is 2.18. The van der Waals surface area contributed by atoms with E-state index in [9.17, 15) is 5.11 Å². The summed E-state index contributed by atoms with van der Waals surface area (Å²) in [5.41, 5.74) is 4.56. The quantitative estimate of drug-likeness (QED) is 0.799. The minimum absolute atomic E-state index is 0.0482. The van der Waals surface area contributed by atoms with Crippen LogP contribution in [0.25, 0.3) is 5.52 Å². The molecule has 1 fully saturated rings. The number of nitrogens with zero attached hydrogens (tertiary/aromatic N) is 4. The Kier molecular flexibility index (Phi) is 4.19. The maximum Gasteiger partial charge on any atom is 0.0706 e. The van der Waals surface area contributed by atoms with Crippen molar-refractivity contribution >= 4 is 11.2 Å². The number of fused-ring (bicyclic) bond motifs is 1. The van der Waals surface area contributed by atoms with E-state index in [4.69, 9.17) is 0 Å². The van der Waals surface area contributed by atoms with Gasteiger partial charge in [0.2, 0.25) is 0 Å². The number of hydrogen-bond donors (Lipinski definition) is 1. The van der Waals surface area contributed by atoms with Crippen LogP contribution in [0.15, 0.2) is 54.9 Å². The molecule has 5 nitrogen and oxygen atoms in total. The molecule has 3 heterocycles. The van der Waals surface area contributed by atoms with Crippen molar-refractivity contribution in [3.05, 3.63) is 66.0 Å². The summed E-state index contributed by atoms with van der Waals surface area (Å²) in [4.78, 5) is 4.93. The summed E-state index contributed by atoms with van der Waals surface area (Å²) in [7, 11) is 0. The van der Waals surface area contributed by atoms with Crippen LogP contribution in [0.4, 0.5) is 5.69 Å². The van der Waals surface area contributed by atoms with Crippen molar-refractivity contribution in [2.75, 3.05) is 31.1 Å². The molecule has 0 amide bonds. The van der Waals surface area contributed by atoms with Crippen molar-refractivity contribution < 1.29 is 5.11 Å². The van der Waals surface area contributed by atoms with Crippen molar-refractivity contribution in [1.29, 1.82) is 0 Å². The van der Waals surface area contributed by atoms with E-state index in [1.807, 2.05) is 29.0 Å². The SMILES string of the molecule is OCc1ccc2c(CN3CCN(c4ccccc4)CC3)cnn2c1. The molecule has 0 bridgehead atoms. The lowest BCUT2D eigenvalue weighted by atomic mass is 10.2. The van der Waals surface area contributed by atoms with Crippen LogP contribution in [-0.2, 0) is 13.2 Å². The third kappa shape index (κ3) is 3.00. The monoisotopic (exact) mass is 322 g/mol. The highest BCUT2D eigenvalue weighted by molar-refractivity contribution is 5.54. The fourth-order valence-corrected chi connectivity index (χ4v) is 3.34. The predicted molar refractivity (Wildman–Crippen MR) is 95.0 cm³/mol. The smallest absolute Gasteiger partial charge is 0.0706 e. The van der Waals surface area contributed by atoms with Crippen LogP contribution in [0, 0.1) is 0 Å². The van der Waals surface area contributed by atoms with E-state index in [2.05, 4.69) is 45.2 Å². The third-order valence-electron chi connectivity index (χ3n) is 4.73. The molecule has 1 saturated heterocycles. The van der Waals surface area contributed by atoms with Gasteiger partial charge >= 0.3 is 0 Å². The second-order valence-electron chi connectivity index (χ2n) is 6.29. The normalized spacial score (nSPS) is 16.0. The molecule has 0 atom stereocenters. The van der Waals surface area contributed by atoms with Gasteiger partial charge in [0.05, 0.1) is 18.3 Å². The molecule has 5 heteroatoms. The molecular formula is C19H22N4O. The van der Waals surface area contributed by atoms with Gasteiger partial charge in [-0.2, -0.15) is 5.10 Å². The average molecular weight is 322 g/mol. The van der Waals surface area contributed by atoms with Crippen LogP contribution < -0.4 is 4.90 Å². The van der Waals surface area contributed by atoms with Crippen LogP contribution in [-0.4, -0.2) is 45.8 Å². The van der Waals surface area contributed by atoms with E-state index < -0.39 is 0 Å². The highest BCUT2D eigenvalue weighted by atomic mass is 16.3. The molecule has 1 aliphatic rings. The molecule has 1 N–H and O–H groups in total. The number of anilines is 1. The Balaban J connectivity index is 1.42. The summed E-state index contributed by atoms with van der Waals surface area (Å²) in [6.45, 7) is 5.19. The highest BCUT2D eigenvalue weighted by Gasteiger charge is 2.18. The number of benzene rings is 1. The fraction of sp³-hybridized carbons (Fsp3) is 0.316. The third-order valence-corrected chi connectivity index (χ3v) is 4.73. The molecular weight excluding hydrogens is 300 g/mol. The number of aromatic nitrogens is 2. The molecule has 24 heavy (non-hydrogen) atoms. The van der Waals surface area contributed by atoms with Gasteiger partial charge in [-0.15, -0.1) is 0 Å². The van der Waals surface area contributed by atoms with Crippen molar-refractivity contribution in [3.8, 4) is 0 Å². The largest absolute Gasteiger partial charge is 0.392 e. The van der Waals surface area contributed by atoms with Crippen LogP contribution in [0.2, 0.25) is 0 Å². The maximum atomic E-state index is 9.23. The van der Waals surface area contributed by atoms with E-state index in [-0.39, 0.29) is 6.61 Å². The van der Waals surface area contributed by atoms with E-state index in [0.29, 0.717) is 0 Å². The fourth-order valence-electron chi connectivity index (χ4n) is 3.34. The van der Waals surface area contributed by atoms with E-state index >= 15 is 0 Å². The maximum absolute atomic E-state index is 9.23. The lowest BCUT2D eigenvalue weighted by Gasteiger charge is -2.36. The van der Waals surface area contributed by atoms with E-state index in [1.165, 1.54) is 11.3 Å². The Morgan fingerprint density at radius 2 is 1.75 bits per heavy atom. The predicted octanol–water partition coefficient (Wildman–Crippen LogP) is 2.15. The van der Waals surface area contributed by atoms with Crippen LogP contribution >= 0.6 is 0 Å². The molecule has 124 valence electrons. The van der Waals surface area contributed by atoms with Crippen molar-refractivity contribution in [2.24, 2.45) is 0 Å². The molecule has 3 aromatic rings. The van der Waals surface area contributed by atoms with Crippen LogP contribution in [0.5, 0.6) is 0 Å². The zero-order valence-electron chi connectivity index (χ0n) is 13.7. The Hall–Kier alpha value is -2.37. The minimum Gasteiger partial charge on any atom is -0.392 e. The van der Waals surface area contributed by atoms with Gasteiger partial charge in [0.1, 0.15) is 0 Å². The number of rotatable bonds is 4. The van der Waals surface area contributed by atoms with E-state index in [1.54, 1.807) is 0 Å². The van der Waals surface area contributed by atoms with Gasteiger partial charge in [-0.1, -0.05) is 24.3 Å². The average Bonchev–Trinajstić information content (AvgIpc) is 3.05. The number of piperazine rings is 1. The molecule has 4 rings (SSSR count). The Bertz CT molecular complexity index is 807. The zero-order chi connectivity index (χ0) is 16.4. The molecule has 0 aliphatic carbocycles. The summed E-state index contributed by atoms with van der Waals surface area (Å²) in [5, 5.41) is 13.7. The van der Waals surface area contributed by atoms with Gasteiger partial charge in [0, 0.05) is 50.2 Å². The van der Waals surface area contributed by atoms with Crippen LogP contribution in [0.1, 0.15) is 11.1 Å². The molecule has 2 aromatic heterocycles. The van der Waals surface area contributed by atoms with Crippen molar-refractivity contribution in [1.82, 2.24) is 14.5 Å². The summed E-state index contributed by atoms with van der Waals surface area (Å²) in [6.07, 6.45) is 3.84. The van der Waals surface area contributed by atoms with Crippen LogP contribution in [0.3, 0.4) is 0 Å². The first-order chi connectivity index (χ1) is 11.8. The summed E-state index contributed by atoms with van der Waals surface area (Å²) in [6, 6.07) is 14.6. The Labute approximate surface area is 141 Å². The summed E-state index contributed by atoms with van der Waals surface area (Å²) < 4.78 is 1.86. The number of aliphatic hydroxyl groups is 1. The standard InChI is InChI=1S/C19H22N4O/c24-15-16-6-7-19-17(12-20-23(19)13-16)14-21-8-10-22(11-9-21)18-4-2-1-3-5-18/h1-7,12-13,24H,8-11,14-15H2. The van der Waals surface area contributed by atoms with Gasteiger partial charge in [-0.25, -0.2) is 4.52 Å². The van der Waals surface area contributed by atoms with Gasteiger partial charge in [-0.05, 0) is 23.8 Å². The van der Waals surface area contributed by atoms with Gasteiger partial charge in [0.15, 0.2) is 0 Å². The minimum atomic E-state index is 0.0482. The molecule has 0 radical (unpaired) electrons. The Morgan fingerprint density at radius 1 is 0.958 bits per heavy atom. The van der Waals surface area contributed by atoms with E-state index in [0.717, 1.165) is 43.8 Å². The Morgan fingerprint density at radius 3 is 2.50 bits per heavy atom. The lowest BCUT2D eigenvalue weighted by molar-refractivity contribution is 0.250. The number of aliphatic hydroxyl groups excluding tert-OH is 1. The second kappa shape index (κ2) is 6.63.